The van der Waals surface area contributed by atoms with Crippen molar-refractivity contribution in [1.82, 2.24) is 29.2 Å². The van der Waals surface area contributed by atoms with E-state index in [9.17, 15) is 9.59 Å². The van der Waals surface area contributed by atoms with Gasteiger partial charge in [0.15, 0.2) is 0 Å². The molecule has 0 aliphatic carbocycles. The van der Waals surface area contributed by atoms with E-state index in [-0.39, 0.29) is 17.9 Å². The van der Waals surface area contributed by atoms with Crippen LogP contribution in [-0.2, 0) is 11.2 Å². The molecule has 1 atom stereocenters. The Bertz CT molecular complexity index is 1680. The van der Waals surface area contributed by atoms with Crippen LogP contribution < -0.4 is 15.8 Å². The molecule has 1 saturated heterocycles. The highest BCUT2D eigenvalue weighted by Crippen LogP contribution is 2.37. The SMILES string of the molecule is CCCc1ccnc(NC(=O)c2ccc(-c3nc([C@@H]4CCCCN4C(=O)/C=C/CN(C)C)n4ccnc(N)c34)cc2OC)c1. The summed E-state index contributed by atoms with van der Waals surface area (Å²) in [5.41, 5.74) is 9.85. The number of carbonyl (C=O) groups excluding carboxylic acids is 2. The van der Waals surface area contributed by atoms with E-state index < -0.39 is 0 Å². The van der Waals surface area contributed by atoms with Crippen LogP contribution in [0.3, 0.4) is 0 Å². The number of amides is 2. The maximum Gasteiger partial charge on any atom is 0.260 e. The van der Waals surface area contributed by atoms with Crippen molar-refractivity contribution < 1.29 is 14.3 Å². The van der Waals surface area contributed by atoms with E-state index in [0.29, 0.717) is 52.8 Å². The van der Waals surface area contributed by atoms with Crippen LogP contribution in [0, 0.1) is 0 Å². The first kappa shape index (κ1) is 30.7. The Labute approximate surface area is 257 Å². The number of likely N-dealkylation sites (N-methyl/N-ethyl adjacent to an activating group) is 1. The third-order valence-electron chi connectivity index (χ3n) is 7.75. The number of nitrogens with two attached hydrogens (primary N) is 1. The normalized spacial score (nSPS) is 15.3. The van der Waals surface area contributed by atoms with Crippen molar-refractivity contribution >= 4 is 29.0 Å². The monoisotopic (exact) mass is 596 g/mol. The lowest BCUT2D eigenvalue weighted by atomic mass is 10.0. The highest BCUT2D eigenvalue weighted by Gasteiger charge is 2.32. The average molecular weight is 597 g/mol. The Hall–Kier alpha value is -4.77. The van der Waals surface area contributed by atoms with Gasteiger partial charge in [0, 0.05) is 43.3 Å². The van der Waals surface area contributed by atoms with Gasteiger partial charge < -0.3 is 25.6 Å². The van der Waals surface area contributed by atoms with E-state index >= 15 is 0 Å². The van der Waals surface area contributed by atoms with Crippen molar-refractivity contribution in [3.8, 4) is 17.0 Å². The molecule has 4 aromatic rings. The number of nitrogens with zero attached hydrogens (tertiary/aromatic N) is 6. The summed E-state index contributed by atoms with van der Waals surface area (Å²) in [5.74, 6) is 1.54. The van der Waals surface area contributed by atoms with Gasteiger partial charge in [0.25, 0.3) is 5.91 Å². The van der Waals surface area contributed by atoms with Gasteiger partial charge in [-0.2, -0.15) is 0 Å². The number of aromatic nitrogens is 4. The molecule has 1 aliphatic rings. The summed E-state index contributed by atoms with van der Waals surface area (Å²) < 4.78 is 7.60. The van der Waals surface area contributed by atoms with E-state index in [4.69, 9.17) is 15.5 Å². The fourth-order valence-corrected chi connectivity index (χ4v) is 5.64. The summed E-state index contributed by atoms with van der Waals surface area (Å²) in [7, 11) is 5.46. The zero-order valence-corrected chi connectivity index (χ0v) is 25.8. The number of likely N-dealkylation sites (tertiary alicyclic amines) is 1. The lowest BCUT2D eigenvalue weighted by Gasteiger charge is -2.34. The number of pyridine rings is 1. The van der Waals surface area contributed by atoms with Crippen molar-refractivity contribution in [2.45, 2.75) is 45.1 Å². The second-order valence-corrected chi connectivity index (χ2v) is 11.2. The van der Waals surface area contributed by atoms with Gasteiger partial charge in [0.1, 0.15) is 34.4 Å². The second kappa shape index (κ2) is 13.7. The Balaban J connectivity index is 1.50. The molecule has 11 heteroatoms. The number of benzene rings is 1. The molecule has 1 aliphatic heterocycles. The Morgan fingerprint density at radius 1 is 1.16 bits per heavy atom. The number of piperidine rings is 1. The Morgan fingerprint density at radius 2 is 2.00 bits per heavy atom. The number of imidazole rings is 1. The van der Waals surface area contributed by atoms with Gasteiger partial charge in [-0.15, -0.1) is 0 Å². The number of aryl methyl sites for hydroxylation is 1. The van der Waals surface area contributed by atoms with Crippen LogP contribution in [0.15, 0.2) is 61.1 Å². The largest absolute Gasteiger partial charge is 0.496 e. The number of hydrogen-bond acceptors (Lipinski definition) is 8. The van der Waals surface area contributed by atoms with Crippen molar-refractivity contribution in [2.24, 2.45) is 0 Å². The first-order valence-corrected chi connectivity index (χ1v) is 15.0. The van der Waals surface area contributed by atoms with Crippen LogP contribution >= 0.6 is 0 Å². The highest BCUT2D eigenvalue weighted by molar-refractivity contribution is 6.06. The molecular formula is C33H40N8O3. The predicted molar refractivity (Wildman–Crippen MR) is 172 cm³/mol. The fourth-order valence-electron chi connectivity index (χ4n) is 5.64. The van der Waals surface area contributed by atoms with Crippen LogP contribution in [0.25, 0.3) is 16.8 Å². The van der Waals surface area contributed by atoms with E-state index in [1.807, 2.05) is 58.8 Å². The van der Waals surface area contributed by atoms with Crippen LogP contribution in [-0.4, -0.2) is 75.3 Å². The number of nitrogens with one attached hydrogen (secondary N) is 1. The zero-order chi connectivity index (χ0) is 31.2. The molecule has 2 amide bonds. The molecule has 0 unspecified atom stereocenters. The molecule has 0 saturated carbocycles. The van der Waals surface area contributed by atoms with Gasteiger partial charge in [-0.1, -0.05) is 25.5 Å². The molecule has 4 heterocycles. The molecule has 5 rings (SSSR count). The third kappa shape index (κ3) is 6.57. The first-order chi connectivity index (χ1) is 21.3. The molecule has 0 spiro atoms. The Kier molecular flexibility index (Phi) is 9.54. The van der Waals surface area contributed by atoms with Crippen LogP contribution in [0.4, 0.5) is 11.6 Å². The quantitative estimate of drug-likeness (QED) is 0.251. The number of fused-ring (bicyclic) bond motifs is 1. The summed E-state index contributed by atoms with van der Waals surface area (Å²) >= 11 is 0. The summed E-state index contributed by atoms with van der Waals surface area (Å²) in [6.45, 7) is 3.44. The molecule has 230 valence electrons. The van der Waals surface area contributed by atoms with Crippen LogP contribution in [0.5, 0.6) is 5.75 Å². The first-order valence-electron chi connectivity index (χ1n) is 15.0. The van der Waals surface area contributed by atoms with Gasteiger partial charge >= 0.3 is 0 Å². The lowest BCUT2D eigenvalue weighted by Crippen LogP contribution is -2.38. The minimum absolute atomic E-state index is 0.0383. The number of nitrogen functional groups attached to an aromatic ring is 1. The minimum atomic E-state index is -0.329. The topological polar surface area (TPSA) is 131 Å². The molecule has 1 fully saturated rings. The lowest BCUT2D eigenvalue weighted by molar-refractivity contribution is -0.130. The summed E-state index contributed by atoms with van der Waals surface area (Å²) in [4.78, 5) is 44.2. The predicted octanol–water partition coefficient (Wildman–Crippen LogP) is 4.76. The van der Waals surface area contributed by atoms with Crippen LogP contribution in [0.2, 0.25) is 0 Å². The van der Waals surface area contributed by atoms with Crippen molar-refractivity contribution in [3.05, 3.63) is 78.0 Å². The van der Waals surface area contributed by atoms with Gasteiger partial charge in [-0.05, 0) is 69.6 Å². The van der Waals surface area contributed by atoms with Gasteiger partial charge in [0.2, 0.25) is 5.91 Å². The molecule has 3 N–H and O–H groups in total. The summed E-state index contributed by atoms with van der Waals surface area (Å²) in [5, 5.41) is 2.89. The second-order valence-electron chi connectivity index (χ2n) is 11.2. The van der Waals surface area contributed by atoms with Crippen molar-refractivity contribution in [2.75, 3.05) is 45.3 Å². The summed E-state index contributed by atoms with van der Waals surface area (Å²) in [6, 6.07) is 8.92. The van der Waals surface area contributed by atoms with E-state index in [0.717, 1.165) is 43.5 Å². The average Bonchev–Trinajstić information content (AvgIpc) is 3.41. The molecule has 3 aromatic heterocycles. The number of ether oxygens (including phenoxy) is 1. The summed E-state index contributed by atoms with van der Waals surface area (Å²) in [6.07, 6.45) is 13.3. The highest BCUT2D eigenvalue weighted by atomic mass is 16.5. The number of hydrogen-bond donors (Lipinski definition) is 2. The van der Waals surface area contributed by atoms with Crippen molar-refractivity contribution in [3.63, 3.8) is 0 Å². The van der Waals surface area contributed by atoms with E-state index in [1.54, 1.807) is 30.6 Å². The minimum Gasteiger partial charge on any atom is -0.496 e. The van der Waals surface area contributed by atoms with Gasteiger partial charge in [0.05, 0.1) is 18.7 Å². The molecule has 44 heavy (non-hydrogen) atoms. The van der Waals surface area contributed by atoms with Crippen LogP contribution in [0.1, 0.15) is 60.4 Å². The van der Waals surface area contributed by atoms with Gasteiger partial charge in [-0.25, -0.2) is 15.0 Å². The number of anilines is 2. The fraction of sp³-hybridized carbons (Fsp3) is 0.364. The maximum absolute atomic E-state index is 13.3. The Morgan fingerprint density at radius 3 is 2.77 bits per heavy atom. The van der Waals surface area contributed by atoms with E-state index in [1.165, 1.54) is 7.11 Å². The number of rotatable bonds is 10. The van der Waals surface area contributed by atoms with E-state index in [2.05, 4.69) is 22.2 Å². The number of methoxy groups -OCH3 is 1. The maximum atomic E-state index is 13.3. The smallest absolute Gasteiger partial charge is 0.260 e. The molecule has 0 bridgehead atoms. The standard InChI is InChI=1S/C33H40N8O3/c1-5-9-22-14-15-35-27(20-22)37-33(43)24-13-12-23(21-26(24)44-4)29-30-31(34)36-16-19-41(30)32(38-29)25-10-6-7-18-40(25)28(42)11-8-17-39(2)3/h8,11-16,19-21,25H,5-7,9-10,17-18H2,1-4H3,(H2,34,36)(H,35,37,43)/b11-8+/t25-/m0/s1. The molecule has 1 aromatic carbocycles. The molecular weight excluding hydrogens is 556 g/mol. The number of carbonyl (C=O) groups is 2. The molecule has 0 radical (unpaired) electrons. The van der Waals surface area contributed by atoms with Gasteiger partial charge in [-0.3, -0.25) is 14.0 Å². The zero-order valence-electron chi connectivity index (χ0n) is 25.8. The van der Waals surface area contributed by atoms with Crippen molar-refractivity contribution in [1.29, 1.82) is 0 Å². The molecule has 11 nitrogen and oxygen atoms in total. The third-order valence-corrected chi connectivity index (χ3v) is 7.75.